The summed E-state index contributed by atoms with van der Waals surface area (Å²) in [5.41, 5.74) is 3.71. The molecule has 0 aromatic heterocycles. The number of esters is 1. The zero-order chi connectivity index (χ0) is 26.8. The molecule has 4 heteroatoms. The van der Waals surface area contributed by atoms with Gasteiger partial charge in [0.2, 0.25) is 0 Å². The van der Waals surface area contributed by atoms with Gasteiger partial charge in [-0.3, -0.25) is 9.59 Å². The van der Waals surface area contributed by atoms with Crippen LogP contribution >= 0.6 is 0 Å². The summed E-state index contributed by atoms with van der Waals surface area (Å²) in [4.78, 5) is 24.0. The number of carbonyl (C=O) groups is 2. The first kappa shape index (κ1) is 28.0. The van der Waals surface area contributed by atoms with Crippen molar-refractivity contribution in [3.05, 3.63) is 84.5 Å². The van der Waals surface area contributed by atoms with E-state index in [0.717, 1.165) is 51.6 Å². The molecule has 1 saturated heterocycles. The van der Waals surface area contributed by atoms with Gasteiger partial charge in [-0.2, -0.15) is 0 Å². The van der Waals surface area contributed by atoms with E-state index in [4.69, 9.17) is 9.47 Å². The molecule has 2 aromatic carbocycles. The molecule has 0 unspecified atom stereocenters. The molecule has 2 aromatic rings. The van der Waals surface area contributed by atoms with Gasteiger partial charge in [-0.15, -0.1) is 0 Å². The number of hydrogen-bond acceptors (Lipinski definition) is 4. The van der Waals surface area contributed by atoms with Gasteiger partial charge < -0.3 is 9.47 Å². The fourth-order valence-corrected chi connectivity index (χ4v) is 6.22. The van der Waals surface area contributed by atoms with Crippen LogP contribution in [0.15, 0.2) is 78.9 Å². The van der Waals surface area contributed by atoms with Crippen molar-refractivity contribution in [2.24, 2.45) is 11.8 Å². The number of allylic oxidation sites excluding steroid dienone is 3. The highest BCUT2D eigenvalue weighted by atomic mass is 16.5. The fraction of sp³-hybridized carbons (Fsp3) is 0.471. The number of unbranched alkanes of at least 4 members (excludes halogenated alkanes) is 3. The Labute approximate surface area is 228 Å². The van der Waals surface area contributed by atoms with E-state index in [9.17, 15) is 9.59 Å². The van der Waals surface area contributed by atoms with Crippen LogP contribution < -0.4 is 0 Å². The molecular formula is C34H42O4. The number of fused-ring (bicyclic) bond motifs is 2. The van der Waals surface area contributed by atoms with Crippen molar-refractivity contribution in [1.29, 1.82) is 0 Å². The fourth-order valence-electron chi connectivity index (χ4n) is 6.22. The average Bonchev–Trinajstić information content (AvgIpc) is 3.52. The molecule has 1 aliphatic carbocycles. The van der Waals surface area contributed by atoms with Crippen LogP contribution in [0.1, 0.15) is 70.3 Å². The first-order valence-corrected chi connectivity index (χ1v) is 14.3. The van der Waals surface area contributed by atoms with Gasteiger partial charge in [-0.1, -0.05) is 92.6 Å². The quantitative estimate of drug-likeness (QED) is 0.113. The number of rotatable bonds is 14. The number of methoxy groups -OCH3 is 1. The maximum atomic E-state index is 12.5. The molecule has 1 heterocycles. The van der Waals surface area contributed by atoms with Crippen LogP contribution in [-0.4, -0.2) is 31.6 Å². The topological polar surface area (TPSA) is 52.6 Å². The minimum Gasteiger partial charge on any atom is -0.469 e. The lowest BCUT2D eigenvalue weighted by Gasteiger charge is -2.38. The zero-order valence-electron chi connectivity index (χ0n) is 22.9. The summed E-state index contributed by atoms with van der Waals surface area (Å²) in [5, 5.41) is 0. The van der Waals surface area contributed by atoms with E-state index in [-0.39, 0.29) is 29.2 Å². The second-order valence-corrected chi connectivity index (χ2v) is 10.8. The Hall–Kier alpha value is -2.98. The maximum absolute atomic E-state index is 12.5. The summed E-state index contributed by atoms with van der Waals surface area (Å²) in [7, 11) is 1.43. The molecule has 2 bridgehead atoms. The van der Waals surface area contributed by atoms with Crippen LogP contribution in [0.4, 0.5) is 0 Å². The van der Waals surface area contributed by atoms with E-state index in [1.165, 1.54) is 23.8 Å². The van der Waals surface area contributed by atoms with Crippen LogP contribution in [-0.2, 0) is 24.5 Å². The third-order valence-corrected chi connectivity index (χ3v) is 8.36. The highest BCUT2D eigenvalue weighted by Gasteiger charge is 2.58. The van der Waals surface area contributed by atoms with Crippen LogP contribution in [0.2, 0.25) is 0 Å². The molecule has 1 saturated carbocycles. The average molecular weight is 515 g/mol. The van der Waals surface area contributed by atoms with Crippen LogP contribution in [0.5, 0.6) is 0 Å². The molecule has 2 fully saturated rings. The van der Waals surface area contributed by atoms with E-state index in [1.807, 2.05) is 12.1 Å². The third kappa shape index (κ3) is 6.71. The molecular weight excluding hydrogens is 472 g/mol. The van der Waals surface area contributed by atoms with Crippen molar-refractivity contribution >= 4 is 11.8 Å². The Bertz CT molecular complexity index is 1100. The minimum atomic E-state index is -0.157. The van der Waals surface area contributed by atoms with Crippen molar-refractivity contribution in [2.45, 2.75) is 76.2 Å². The molecule has 0 N–H and O–H groups in total. The number of ether oxygens (including phenoxy) is 2. The SMILES string of the molecule is CCCCCC(=O)/C=C/[C@@H]1[C@@H]2C[C@@](c3ccc(-c4ccccc4)cc3)(CO2)[C@H]1C/C=C\CCCC(=O)OC. The van der Waals surface area contributed by atoms with Crippen molar-refractivity contribution in [3.63, 3.8) is 0 Å². The summed E-state index contributed by atoms with van der Waals surface area (Å²) in [6, 6.07) is 19.5. The van der Waals surface area contributed by atoms with Crippen molar-refractivity contribution < 1.29 is 19.1 Å². The number of carbonyl (C=O) groups excluding carboxylic acids is 2. The molecule has 202 valence electrons. The van der Waals surface area contributed by atoms with E-state index < -0.39 is 0 Å². The van der Waals surface area contributed by atoms with E-state index >= 15 is 0 Å². The molecule has 0 amide bonds. The number of hydrogen-bond donors (Lipinski definition) is 0. The molecule has 0 spiro atoms. The molecule has 4 nitrogen and oxygen atoms in total. The Morgan fingerprint density at radius 2 is 1.74 bits per heavy atom. The molecule has 4 atom stereocenters. The van der Waals surface area contributed by atoms with Gasteiger partial charge in [-0.05, 0) is 60.8 Å². The number of ketones is 1. The Morgan fingerprint density at radius 3 is 2.47 bits per heavy atom. The van der Waals surface area contributed by atoms with Crippen LogP contribution in [0, 0.1) is 11.8 Å². The van der Waals surface area contributed by atoms with Gasteiger partial charge in [0, 0.05) is 24.2 Å². The largest absolute Gasteiger partial charge is 0.469 e. The van der Waals surface area contributed by atoms with E-state index in [0.29, 0.717) is 18.8 Å². The lowest BCUT2D eigenvalue weighted by molar-refractivity contribution is -0.140. The lowest BCUT2D eigenvalue weighted by Crippen LogP contribution is -2.39. The summed E-state index contributed by atoms with van der Waals surface area (Å²) >= 11 is 0. The minimum absolute atomic E-state index is 0.0590. The monoisotopic (exact) mass is 514 g/mol. The molecule has 4 rings (SSSR count). The zero-order valence-corrected chi connectivity index (χ0v) is 22.9. The first-order valence-electron chi connectivity index (χ1n) is 14.3. The smallest absolute Gasteiger partial charge is 0.305 e. The molecule has 38 heavy (non-hydrogen) atoms. The van der Waals surface area contributed by atoms with Crippen molar-refractivity contribution in [3.8, 4) is 11.1 Å². The van der Waals surface area contributed by atoms with E-state index in [1.54, 1.807) is 0 Å². The molecule has 2 aliphatic rings. The van der Waals surface area contributed by atoms with Crippen LogP contribution in [0.25, 0.3) is 11.1 Å². The summed E-state index contributed by atoms with van der Waals surface area (Å²) < 4.78 is 11.1. The predicted molar refractivity (Wildman–Crippen MR) is 153 cm³/mol. The normalized spacial score (nSPS) is 24.4. The Balaban J connectivity index is 1.51. The predicted octanol–water partition coefficient (Wildman–Crippen LogP) is 7.62. The standard InChI is InChI=1S/C34H42O4/c1-3-4-8-15-29(35)22-23-30-31(16-11-5-6-12-17-33(36)37-2)34(24-32(30)38-25-34)28-20-18-27(19-21-28)26-13-9-7-10-14-26/h5,7,9-11,13-14,18-23,30-32H,3-4,6,8,12,15-17,24-25H2,1-2H3/b11-5-,23-22+/t30-,31-,32-,34-/m0/s1. The molecule has 1 aliphatic heterocycles. The van der Waals surface area contributed by atoms with E-state index in [2.05, 4.69) is 73.7 Å². The van der Waals surface area contributed by atoms with Gasteiger partial charge in [-0.25, -0.2) is 0 Å². The van der Waals surface area contributed by atoms with Gasteiger partial charge in [0.05, 0.1) is 19.8 Å². The van der Waals surface area contributed by atoms with Crippen molar-refractivity contribution in [2.75, 3.05) is 13.7 Å². The van der Waals surface area contributed by atoms with Gasteiger partial charge in [0.15, 0.2) is 5.78 Å². The summed E-state index contributed by atoms with van der Waals surface area (Å²) in [5.74, 6) is 0.641. The van der Waals surface area contributed by atoms with Crippen molar-refractivity contribution in [1.82, 2.24) is 0 Å². The Morgan fingerprint density at radius 1 is 0.974 bits per heavy atom. The maximum Gasteiger partial charge on any atom is 0.305 e. The molecule has 0 radical (unpaired) electrons. The second kappa shape index (κ2) is 13.7. The summed E-state index contributed by atoms with van der Waals surface area (Å²) in [6.07, 6.45) is 16.4. The highest BCUT2D eigenvalue weighted by molar-refractivity contribution is 5.89. The first-order chi connectivity index (χ1) is 18.6. The highest BCUT2D eigenvalue weighted by Crippen LogP contribution is 2.57. The lowest BCUT2D eigenvalue weighted by atomic mass is 9.69. The number of benzene rings is 2. The van der Waals surface area contributed by atoms with Gasteiger partial charge in [0.1, 0.15) is 0 Å². The van der Waals surface area contributed by atoms with Gasteiger partial charge in [0.25, 0.3) is 0 Å². The summed E-state index contributed by atoms with van der Waals surface area (Å²) in [6.45, 7) is 2.88. The third-order valence-electron chi connectivity index (χ3n) is 8.36. The van der Waals surface area contributed by atoms with Gasteiger partial charge >= 0.3 is 5.97 Å². The second-order valence-electron chi connectivity index (χ2n) is 10.8. The Kier molecular flexibility index (Phi) is 10.1. The van der Waals surface area contributed by atoms with Crippen LogP contribution in [0.3, 0.4) is 0 Å².